The lowest BCUT2D eigenvalue weighted by atomic mass is 10.1. The minimum Gasteiger partial charge on any atom is -0.487 e. The van der Waals surface area contributed by atoms with Gasteiger partial charge in [0.2, 0.25) is 5.91 Å². The van der Waals surface area contributed by atoms with E-state index in [-0.39, 0.29) is 18.9 Å². The number of carbonyl (C=O) groups excluding carboxylic acids is 1. The molecule has 5 nitrogen and oxygen atoms in total. The third-order valence-corrected chi connectivity index (χ3v) is 4.76. The molecule has 2 aromatic rings. The maximum atomic E-state index is 11.5. The van der Waals surface area contributed by atoms with Crippen molar-refractivity contribution < 1.29 is 19.4 Å². The number of halogens is 3. The van der Waals surface area contributed by atoms with Crippen LogP contribution >= 0.6 is 43.5 Å². The molecule has 0 spiro atoms. The number of hydrogen-bond acceptors (Lipinski definition) is 3. The second kappa shape index (κ2) is 9.39. The van der Waals surface area contributed by atoms with Crippen LogP contribution < -0.4 is 10.1 Å². The molecule has 0 aliphatic carbocycles. The summed E-state index contributed by atoms with van der Waals surface area (Å²) in [7, 11) is 0. The Labute approximate surface area is 172 Å². The minimum atomic E-state index is -0.905. The maximum absolute atomic E-state index is 11.5. The van der Waals surface area contributed by atoms with E-state index in [0.29, 0.717) is 37.4 Å². The van der Waals surface area contributed by atoms with E-state index < -0.39 is 5.97 Å². The number of hydrogen-bond donors (Lipinski definition) is 2. The van der Waals surface area contributed by atoms with Crippen molar-refractivity contribution in [3.8, 4) is 5.75 Å². The monoisotopic (exact) mass is 503 g/mol. The second-order valence-electron chi connectivity index (χ2n) is 5.50. The maximum Gasteiger partial charge on any atom is 0.307 e. The SMILES string of the molecule is CCC(=O)Nc1cc(Cl)cc(COc2c(Br)cc(CC(=O)O)cc2Br)c1. The Morgan fingerprint density at radius 3 is 2.35 bits per heavy atom. The summed E-state index contributed by atoms with van der Waals surface area (Å²) in [4.78, 5) is 22.4. The molecule has 0 unspecified atom stereocenters. The van der Waals surface area contributed by atoms with E-state index in [2.05, 4.69) is 37.2 Å². The smallest absolute Gasteiger partial charge is 0.307 e. The first-order chi connectivity index (χ1) is 12.3. The quantitative estimate of drug-likeness (QED) is 0.527. The number of carboxylic acids is 1. The molecule has 0 saturated heterocycles. The zero-order valence-corrected chi connectivity index (χ0v) is 17.7. The third kappa shape index (κ3) is 6.00. The fourth-order valence-electron chi connectivity index (χ4n) is 2.24. The van der Waals surface area contributed by atoms with Gasteiger partial charge < -0.3 is 15.2 Å². The van der Waals surface area contributed by atoms with Crippen LogP contribution in [0.15, 0.2) is 39.3 Å². The molecule has 0 fully saturated rings. The molecule has 0 aromatic heterocycles. The average Bonchev–Trinajstić information content (AvgIpc) is 2.52. The highest BCUT2D eigenvalue weighted by molar-refractivity contribution is 9.11. The number of anilines is 1. The van der Waals surface area contributed by atoms with E-state index >= 15 is 0 Å². The molecule has 0 radical (unpaired) electrons. The van der Waals surface area contributed by atoms with Crippen LogP contribution in [0.2, 0.25) is 5.02 Å². The molecule has 0 saturated carbocycles. The number of carboxylic acid groups (broad SMARTS) is 1. The lowest BCUT2D eigenvalue weighted by molar-refractivity contribution is -0.136. The molecule has 0 aliphatic rings. The fourth-order valence-corrected chi connectivity index (χ4v) is 4.01. The zero-order chi connectivity index (χ0) is 19.3. The topological polar surface area (TPSA) is 75.6 Å². The summed E-state index contributed by atoms with van der Waals surface area (Å²) in [6.07, 6.45) is 0.299. The summed E-state index contributed by atoms with van der Waals surface area (Å²) >= 11 is 12.9. The van der Waals surface area contributed by atoms with E-state index in [1.807, 2.05) is 0 Å². The van der Waals surface area contributed by atoms with Gasteiger partial charge in [-0.3, -0.25) is 9.59 Å². The van der Waals surface area contributed by atoms with Gasteiger partial charge in [-0.15, -0.1) is 0 Å². The van der Waals surface area contributed by atoms with Gasteiger partial charge in [0, 0.05) is 17.1 Å². The van der Waals surface area contributed by atoms with Crippen LogP contribution in [0.3, 0.4) is 0 Å². The third-order valence-electron chi connectivity index (χ3n) is 3.36. The number of rotatable bonds is 7. The van der Waals surface area contributed by atoms with E-state index in [1.54, 1.807) is 37.3 Å². The number of nitrogens with one attached hydrogen (secondary N) is 1. The second-order valence-corrected chi connectivity index (χ2v) is 7.64. The first-order valence-corrected chi connectivity index (χ1v) is 9.66. The Balaban J connectivity index is 2.16. The summed E-state index contributed by atoms with van der Waals surface area (Å²) in [6.45, 7) is 2.00. The van der Waals surface area contributed by atoms with Crippen molar-refractivity contribution in [2.75, 3.05) is 5.32 Å². The molecule has 2 N–H and O–H groups in total. The van der Waals surface area contributed by atoms with Crippen molar-refractivity contribution in [3.05, 3.63) is 55.4 Å². The predicted octanol–water partition coefficient (Wildman–Crippen LogP) is 5.42. The fraction of sp³-hybridized carbons (Fsp3) is 0.222. The van der Waals surface area contributed by atoms with Crippen LogP contribution in [0.4, 0.5) is 5.69 Å². The minimum absolute atomic E-state index is 0.0771. The highest BCUT2D eigenvalue weighted by atomic mass is 79.9. The van der Waals surface area contributed by atoms with Gasteiger partial charge in [0.1, 0.15) is 12.4 Å². The van der Waals surface area contributed by atoms with Crippen molar-refractivity contribution in [1.29, 1.82) is 0 Å². The van der Waals surface area contributed by atoms with Crippen molar-refractivity contribution in [1.82, 2.24) is 0 Å². The van der Waals surface area contributed by atoms with Crippen LogP contribution in [0.25, 0.3) is 0 Å². The number of carbonyl (C=O) groups is 2. The van der Waals surface area contributed by atoms with Gasteiger partial charge in [-0.2, -0.15) is 0 Å². The molecule has 2 rings (SSSR count). The highest BCUT2D eigenvalue weighted by Gasteiger charge is 2.12. The van der Waals surface area contributed by atoms with Gasteiger partial charge >= 0.3 is 5.97 Å². The molecule has 26 heavy (non-hydrogen) atoms. The summed E-state index contributed by atoms with van der Waals surface area (Å²) in [5.41, 5.74) is 2.05. The van der Waals surface area contributed by atoms with Crippen LogP contribution in [-0.2, 0) is 22.6 Å². The Hall–Kier alpha value is -1.57. The van der Waals surface area contributed by atoms with E-state index in [4.69, 9.17) is 21.4 Å². The first-order valence-electron chi connectivity index (χ1n) is 7.70. The summed E-state index contributed by atoms with van der Waals surface area (Å²) in [5, 5.41) is 12.2. The van der Waals surface area contributed by atoms with Crippen LogP contribution in [0.5, 0.6) is 5.75 Å². The molecule has 0 aliphatic heterocycles. The van der Waals surface area contributed by atoms with E-state index in [0.717, 1.165) is 5.56 Å². The Morgan fingerprint density at radius 1 is 1.12 bits per heavy atom. The van der Waals surface area contributed by atoms with Crippen LogP contribution in [0.1, 0.15) is 24.5 Å². The van der Waals surface area contributed by atoms with Crippen molar-refractivity contribution in [3.63, 3.8) is 0 Å². The Bertz CT molecular complexity index is 819. The Kier molecular flexibility index (Phi) is 7.49. The largest absolute Gasteiger partial charge is 0.487 e. The van der Waals surface area contributed by atoms with E-state index in [9.17, 15) is 9.59 Å². The summed E-state index contributed by atoms with van der Waals surface area (Å²) in [6, 6.07) is 8.63. The summed E-state index contributed by atoms with van der Waals surface area (Å²) < 4.78 is 7.13. The molecular formula is C18H16Br2ClNO4. The highest BCUT2D eigenvalue weighted by Crippen LogP contribution is 2.35. The molecular weight excluding hydrogens is 489 g/mol. The molecule has 138 valence electrons. The van der Waals surface area contributed by atoms with Crippen molar-refractivity contribution >= 4 is 61.0 Å². The lowest BCUT2D eigenvalue weighted by Crippen LogP contribution is -2.10. The molecule has 0 atom stereocenters. The Morgan fingerprint density at radius 2 is 1.77 bits per heavy atom. The number of ether oxygens (including phenoxy) is 1. The van der Waals surface area contributed by atoms with E-state index in [1.165, 1.54) is 0 Å². The molecule has 0 heterocycles. The average molecular weight is 506 g/mol. The zero-order valence-electron chi connectivity index (χ0n) is 13.8. The van der Waals surface area contributed by atoms with Gasteiger partial charge in [0.05, 0.1) is 15.4 Å². The van der Waals surface area contributed by atoms with Gasteiger partial charge in [0.15, 0.2) is 0 Å². The van der Waals surface area contributed by atoms with Gasteiger partial charge in [-0.25, -0.2) is 0 Å². The number of amides is 1. The lowest BCUT2D eigenvalue weighted by Gasteiger charge is -2.13. The predicted molar refractivity (Wildman–Crippen MR) is 108 cm³/mol. The first kappa shape index (κ1) is 20.7. The van der Waals surface area contributed by atoms with Crippen LogP contribution in [0, 0.1) is 0 Å². The molecule has 0 bridgehead atoms. The standard InChI is InChI=1S/C18H16Br2ClNO4/c1-2-16(23)22-13-4-11(3-12(21)8-13)9-26-18-14(19)5-10(6-15(18)20)7-17(24)25/h3-6,8H,2,7,9H2,1H3,(H,22,23)(H,24,25). The van der Waals surface area contributed by atoms with Crippen LogP contribution in [-0.4, -0.2) is 17.0 Å². The number of benzene rings is 2. The van der Waals surface area contributed by atoms with Gasteiger partial charge in [-0.1, -0.05) is 18.5 Å². The number of aliphatic carboxylic acids is 1. The molecule has 8 heteroatoms. The van der Waals surface area contributed by atoms with Gasteiger partial charge in [0.25, 0.3) is 0 Å². The normalized spacial score (nSPS) is 10.5. The van der Waals surface area contributed by atoms with Crippen molar-refractivity contribution in [2.45, 2.75) is 26.4 Å². The summed E-state index contributed by atoms with van der Waals surface area (Å²) in [5.74, 6) is -0.449. The van der Waals surface area contributed by atoms with Crippen molar-refractivity contribution in [2.24, 2.45) is 0 Å². The van der Waals surface area contributed by atoms with Gasteiger partial charge in [-0.05, 0) is 73.3 Å². The molecule has 1 amide bonds. The molecule has 2 aromatic carbocycles.